The number of carbonyl (C=O) groups excluding carboxylic acids is 3. The number of likely N-dealkylation sites (N-methyl/N-ethyl adjacent to an activating group) is 1. The van der Waals surface area contributed by atoms with Crippen LogP contribution >= 0.6 is 0 Å². The van der Waals surface area contributed by atoms with Gasteiger partial charge in [-0.3, -0.25) is 14.4 Å². The molecule has 2 aromatic rings. The van der Waals surface area contributed by atoms with Crippen LogP contribution in [0.15, 0.2) is 42.5 Å². The number of nitrogens with one attached hydrogen (secondary N) is 2. The highest BCUT2D eigenvalue weighted by molar-refractivity contribution is 6.35. The molecule has 0 aromatic heterocycles. The molecule has 0 radical (unpaired) electrons. The van der Waals surface area contributed by atoms with Crippen LogP contribution in [-0.4, -0.2) is 77.0 Å². The van der Waals surface area contributed by atoms with Gasteiger partial charge in [0.1, 0.15) is 18.2 Å². The van der Waals surface area contributed by atoms with Crippen molar-refractivity contribution in [2.45, 2.75) is 58.3 Å². The predicted octanol–water partition coefficient (Wildman–Crippen LogP) is 1.78. The third kappa shape index (κ3) is 7.82. The van der Waals surface area contributed by atoms with Gasteiger partial charge in [-0.25, -0.2) is 8.78 Å². The largest absolute Gasteiger partial charge is 0.390 e. The standard InChI is InChI=1S/C28H36F2N4O4/c1-4-19-7-6-8-20(9-19)14-31-15-25(35)24(12-21-10-22(29)13-23(30)11-21)32-26(36)17-33-16-18(3)34(5-2)28(38)27(33)37/h6-11,13,18,24-25,31,35H,4-5,12,14-17H2,1-3H3,(H,32,36)/t18-,24-,25+/m0/s1. The first kappa shape index (κ1) is 29.2. The number of rotatable bonds is 12. The van der Waals surface area contributed by atoms with Crippen LogP contribution in [0.25, 0.3) is 0 Å². The van der Waals surface area contributed by atoms with Crippen molar-refractivity contribution in [3.05, 3.63) is 70.8 Å². The summed E-state index contributed by atoms with van der Waals surface area (Å²) in [6.45, 7) is 6.44. The van der Waals surface area contributed by atoms with Crippen molar-refractivity contribution in [3.63, 3.8) is 0 Å². The topological polar surface area (TPSA) is 102 Å². The first-order chi connectivity index (χ1) is 18.1. The molecular formula is C28H36F2N4O4. The lowest BCUT2D eigenvalue weighted by Crippen LogP contribution is -2.60. The van der Waals surface area contributed by atoms with Gasteiger partial charge >= 0.3 is 11.8 Å². The second-order valence-electron chi connectivity index (χ2n) is 9.65. The Hall–Kier alpha value is -3.37. The molecule has 3 amide bonds. The van der Waals surface area contributed by atoms with Crippen molar-refractivity contribution >= 4 is 17.7 Å². The molecule has 206 valence electrons. The van der Waals surface area contributed by atoms with Gasteiger partial charge in [0.05, 0.1) is 12.1 Å². The molecule has 0 unspecified atom stereocenters. The summed E-state index contributed by atoms with van der Waals surface area (Å²) in [6.07, 6.45) is -0.246. The first-order valence-corrected chi connectivity index (χ1v) is 12.9. The molecule has 1 aliphatic rings. The van der Waals surface area contributed by atoms with Gasteiger partial charge in [-0.1, -0.05) is 31.2 Å². The number of hydrogen-bond acceptors (Lipinski definition) is 5. The zero-order valence-corrected chi connectivity index (χ0v) is 22.0. The molecule has 8 nitrogen and oxygen atoms in total. The third-order valence-electron chi connectivity index (χ3n) is 6.69. The molecule has 10 heteroatoms. The fourth-order valence-electron chi connectivity index (χ4n) is 4.71. The van der Waals surface area contributed by atoms with Gasteiger partial charge in [0.25, 0.3) is 0 Å². The lowest BCUT2D eigenvalue weighted by Gasteiger charge is -2.38. The van der Waals surface area contributed by atoms with E-state index in [2.05, 4.69) is 23.6 Å². The van der Waals surface area contributed by atoms with E-state index in [1.807, 2.05) is 18.2 Å². The number of carbonyl (C=O) groups is 3. The summed E-state index contributed by atoms with van der Waals surface area (Å²) in [4.78, 5) is 40.4. The molecule has 2 aromatic carbocycles. The van der Waals surface area contributed by atoms with Crippen molar-refractivity contribution in [2.24, 2.45) is 0 Å². The first-order valence-electron chi connectivity index (χ1n) is 12.9. The van der Waals surface area contributed by atoms with E-state index in [1.54, 1.807) is 13.8 Å². The van der Waals surface area contributed by atoms with Crippen LogP contribution in [0.4, 0.5) is 8.78 Å². The lowest BCUT2D eigenvalue weighted by atomic mass is 10.0. The van der Waals surface area contributed by atoms with Crippen molar-refractivity contribution in [3.8, 4) is 0 Å². The van der Waals surface area contributed by atoms with Gasteiger partial charge in [0.2, 0.25) is 5.91 Å². The van der Waals surface area contributed by atoms with E-state index in [9.17, 15) is 28.3 Å². The quantitative estimate of drug-likeness (QED) is 0.363. The Morgan fingerprint density at radius 2 is 1.74 bits per heavy atom. The minimum atomic E-state index is -1.10. The maximum Gasteiger partial charge on any atom is 0.312 e. The number of aliphatic hydroxyl groups is 1. The monoisotopic (exact) mass is 530 g/mol. The minimum Gasteiger partial charge on any atom is -0.390 e. The van der Waals surface area contributed by atoms with Crippen molar-refractivity contribution in [1.82, 2.24) is 20.4 Å². The van der Waals surface area contributed by atoms with Crippen molar-refractivity contribution in [2.75, 3.05) is 26.2 Å². The summed E-state index contributed by atoms with van der Waals surface area (Å²) in [5.74, 6) is -3.54. The van der Waals surface area contributed by atoms with Crippen LogP contribution in [-0.2, 0) is 33.8 Å². The van der Waals surface area contributed by atoms with Gasteiger partial charge in [0, 0.05) is 38.3 Å². The second kappa shape index (κ2) is 13.4. The molecule has 1 fully saturated rings. The molecule has 3 N–H and O–H groups in total. The summed E-state index contributed by atoms with van der Waals surface area (Å²) >= 11 is 0. The molecule has 0 aliphatic carbocycles. The number of amides is 3. The van der Waals surface area contributed by atoms with E-state index >= 15 is 0 Å². The fourth-order valence-corrected chi connectivity index (χ4v) is 4.71. The second-order valence-corrected chi connectivity index (χ2v) is 9.65. The highest BCUT2D eigenvalue weighted by Gasteiger charge is 2.37. The number of halogens is 2. The van der Waals surface area contributed by atoms with Crippen molar-refractivity contribution < 1.29 is 28.3 Å². The molecule has 3 atom stereocenters. The van der Waals surface area contributed by atoms with E-state index in [0.717, 1.165) is 30.2 Å². The molecule has 0 saturated carbocycles. The maximum atomic E-state index is 13.8. The van der Waals surface area contributed by atoms with Crippen molar-refractivity contribution in [1.29, 1.82) is 0 Å². The molecule has 1 heterocycles. The summed E-state index contributed by atoms with van der Waals surface area (Å²) in [6, 6.07) is 9.90. The molecule has 0 spiro atoms. The number of aryl methyl sites for hydroxylation is 1. The number of aliphatic hydroxyl groups excluding tert-OH is 1. The normalized spacial score (nSPS) is 17.5. The molecule has 0 bridgehead atoms. The summed E-state index contributed by atoms with van der Waals surface area (Å²) in [5, 5.41) is 16.8. The number of hydrogen-bond donors (Lipinski definition) is 3. The van der Waals surface area contributed by atoms with Gasteiger partial charge in [-0.05, 0) is 55.5 Å². The molecule has 3 rings (SSSR count). The molecule has 1 aliphatic heterocycles. The highest BCUT2D eigenvalue weighted by Crippen LogP contribution is 2.14. The van der Waals surface area contributed by atoms with E-state index in [4.69, 9.17) is 0 Å². The van der Waals surface area contributed by atoms with Gasteiger partial charge < -0.3 is 25.5 Å². The van der Waals surface area contributed by atoms with Crippen LogP contribution in [0.5, 0.6) is 0 Å². The smallest absolute Gasteiger partial charge is 0.312 e. The van der Waals surface area contributed by atoms with Crippen LogP contribution < -0.4 is 10.6 Å². The Bertz CT molecular complexity index is 1130. The summed E-state index contributed by atoms with van der Waals surface area (Å²) in [5.41, 5.74) is 2.48. The number of benzene rings is 2. The van der Waals surface area contributed by atoms with E-state index in [0.29, 0.717) is 13.1 Å². The minimum absolute atomic E-state index is 0.0402. The van der Waals surface area contributed by atoms with Gasteiger partial charge in [0.15, 0.2) is 0 Å². The zero-order valence-electron chi connectivity index (χ0n) is 22.0. The SMILES string of the molecule is CCc1cccc(CNC[C@@H](O)[C@H](Cc2cc(F)cc(F)c2)NC(=O)CN2C[C@H](C)N(CC)C(=O)C2=O)c1. The highest BCUT2D eigenvalue weighted by atomic mass is 19.1. The Labute approximate surface area is 222 Å². The number of piperazine rings is 1. The predicted molar refractivity (Wildman–Crippen MR) is 139 cm³/mol. The van der Waals surface area contributed by atoms with Gasteiger partial charge in [-0.2, -0.15) is 0 Å². The maximum absolute atomic E-state index is 13.8. The molecule has 1 saturated heterocycles. The third-order valence-corrected chi connectivity index (χ3v) is 6.69. The Morgan fingerprint density at radius 3 is 2.39 bits per heavy atom. The van der Waals surface area contributed by atoms with Crippen LogP contribution in [0.1, 0.15) is 37.5 Å². The Balaban J connectivity index is 1.67. The van der Waals surface area contributed by atoms with Crippen LogP contribution in [0.3, 0.4) is 0 Å². The molecule has 38 heavy (non-hydrogen) atoms. The Kier molecular flexibility index (Phi) is 10.3. The molecular weight excluding hydrogens is 494 g/mol. The summed E-state index contributed by atoms with van der Waals surface area (Å²) in [7, 11) is 0. The average Bonchev–Trinajstić information content (AvgIpc) is 2.86. The van der Waals surface area contributed by atoms with E-state index < -0.39 is 41.5 Å². The average molecular weight is 531 g/mol. The van der Waals surface area contributed by atoms with Crippen LogP contribution in [0, 0.1) is 11.6 Å². The number of nitrogens with zero attached hydrogens (tertiary/aromatic N) is 2. The zero-order chi connectivity index (χ0) is 27.8. The fraction of sp³-hybridized carbons (Fsp3) is 0.464. The van der Waals surface area contributed by atoms with Gasteiger partial charge in [-0.15, -0.1) is 0 Å². The van der Waals surface area contributed by atoms with Crippen LogP contribution in [0.2, 0.25) is 0 Å². The Morgan fingerprint density at radius 1 is 1.05 bits per heavy atom. The van der Waals surface area contributed by atoms with E-state index in [1.165, 1.54) is 15.4 Å². The summed E-state index contributed by atoms with van der Waals surface area (Å²) < 4.78 is 27.6. The van der Waals surface area contributed by atoms with E-state index in [-0.39, 0.29) is 37.7 Å². The lowest BCUT2D eigenvalue weighted by molar-refractivity contribution is -0.159.